The number of piperidine rings is 1. The van der Waals surface area contributed by atoms with Crippen molar-refractivity contribution in [2.45, 2.75) is 123 Å². The number of carbonyl (C=O) groups is 5. The molecule has 10 heteroatoms. The molecule has 2 N–H and O–H groups in total. The number of rotatable bonds is 15. The molecule has 1 saturated heterocycles. The Morgan fingerprint density at radius 1 is 1.06 bits per heavy atom. The first kappa shape index (κ1) is 35.7. The number of aryl methyl sites for hydroxylation is 1. The molecule has 260 valence electrons. The van der Waals surface area contributed by atoms with Crippen LogP contribution < -0.4 is 5.73 Å². The largest absolute Gasteiger partial charge is 0.468 e. The summed E-state index contributed by atoms with van der Waals surface area (Å²) in [5.74, 6) is -2.01. The van der Waals surface area contributed by atoms with Gasteiger partial charge in [0.25, 0.3) is 5.91 Å². The Morgan fingerprint density at radius 3 is 2.28 bits per heavy atom. The van der Waals surface area contributed by atoms with E-state index in [9.17, 15) is 28.2 Å². The van der Waals surface area contributed by atoms with Gasteiger partial charge in [-0.1, -0.05) is 66.7 Å². The third kappa shape index (κ3) is 7.67. The van der Waals surface area contributed by atoms with Crippen molar-refractivity contribution >= 4 is 40.0 Å². The number of amides is 2. The molecule has 3 saturated carbocycles. The molecule has 2 amide bonds. The lowest BCUT2D eigenvalue weighted by Crippen LogP contribution is -2.51. The minimum absolute atomic E-state index is 0.00907. The molecule has 0 bridgehead atoms. The lowest BCUT2D eigenvalue weighted by atomic mass is 9.70. The average Bonchev–Trinajstić information content (AvgIpc) is 3.74. The Hall–Kier alpha value is -2.62. The van der Waals surface area contributed by atoms with Gasteiger partial charge in [0.1, 0.15) is 11.5 Å². The fraction of sp³-hybridized carbons (Fsp3) is 0.757. The lowest BCUT2D eigenvalue weighted by molar-refractivity contribution is -0.148. The Labute approximate surface area is 282 Å². The number of primary amides is 1. The number of fused-ring (bicyclic) bond motifs is 1. The maximum Gasteiger partial charge on any atom is 0.285 e. The van der Waals surface area contributed by atoms with Crippen LogP contribution in [0.3, 0.4) is 0 Å². The van der Waals surface area contributed by atoms with Crippen LogP contribution in [0.25, 0.3) is 0 Å². The second-order valence-electron chi connectivity index (χ2n) is 16.9. The van der Waals surface area contributed by atoms with Gasteiger partial charge in [-0.05, 0) is 66.3 Å². The highest BCUT2D eigenvalue weighted by atomic mass is 32.2. The van der Waals surface area contributed by atoms with Crippen molar-refractivity contribution in [3.8, 4) is 0 Å². The van der Waals surface area contributed by atoms with Crippen molar-refractivity contribution < 1.29 is 32.6 Å². The van der Waals surface area contributed by atoms with E-state index in [4.69, 9.17) is 10.2 Å². The summed E-state index contributed by atoms with van der Waals surface area (Å²) in [4.78, 5) is 69.5. The predicted octanol–water partition coefficient (Wildman–Crippen LogP) is 5.57. The summed E-state index contributed by atoms with van der Waals surface area (Å²) in [7, 11) is -1.30. The van der Waals surface area contributed by atoms with Crippen LogP contribution in [-0.2, 0) is 34.8 Å². The molecule has 9 nitrogen and oxygen atoms in total. The number of carbonyl (C=O) groups excluding carboxylic acids is 5. The van der Waals surface area contributed by atoms with Gasteiger partial charge in [-0.2, -0.15) is 0 Å². The van der Waals surface area contributed by atoms with Crippen molar-refractivity contribution in [3.05, 3.63) is 18.1 Å². The molecule has 2 heterocycles. The minimum Gasteiger partial charge on any atom is -0.468 e. The zero-order valence-electron chi connectivity index (χ0n) is 29.1. The van der Waals surface area contributed by atoms with E-state index in [-0.39, 0.29) is 54.0 Å². The highest BCUT2D eigenvalue weighted by Crippen LogP contribution is 2.65. The fourth-order valence-electron chi connectivity index (χ4n) is 8.81. The first-order valence-electron chi connectivity index (χ1n) is 17.6. The summed E-state index contributed by atoms with van der Waals surface area (Å²) in [5, 5.41) is 0. The normalized spacial score (nSPS) is 26.6. The number of hydrogen-bond donors (Lipinski definition) is 1. The Morgan fingerprint density at radius 2 is 1.72 bits per heavy atom. The second-order valence-corrected chi connectivity index (χ2v) is 18.3. The predicted molar refractivity (Wildman–Crippen MR) is 178 cm³/mol. The fourth-order valence-corrected chi connectivity index (χ4v) is 10.5. The number of hydrogen-bond acceptors (Lipinski definition) is 7. The van der Waals surface area contributed by atoms with E-state index in [1.807, 2.05) is 20.8 Å². The molecule has 1 aromatic rings. The standard InChI is InChI=1S/C37H54N2O7S/c1-22-29(12-15-46-22)47(45)21-37(13-8-7-9-14-37)19-25(40)18-26(35(2,3)4)34(44)39-20-27-30(36(27,5)6)31(39)28(41)17-24(16-23-10-11-23)32(42)33(38)43/h12,15,23-24,26-27,30-31H,7-11,13-14,16-21H2,1-6H3,(H2,38,43)/t24?,26-,27?,30+,31-,47?/m1/s1. The van der Waals surface area contributed by atoms with E-state index in [0.717, 1.165) is 44.9 Å². The zero-order valence-corrected chi connectivity index (χ0v) is 29.9. The van der Waals surface area contributed by atoms with Gasteiger partial charge in [0, 0.05) is 43.4 Å². The van der Waals surface area contributed by atoms with Crippen LogP contribution in [-0.4, -0.2) is 56.6 Å². The number of Topliss-reactive ketones (excluding diaryl/α,β-unsaturated/α-hetero) is 3. The van der Waals surface area contributed by atoms with Crippen LogP contribution >= 0.6 is 0 Å². The van der Waals surface area contributed by atoms with Crippen LogP contribution in [0.15, 0.2) is 21.6 Å². The summed E-state index contributed by atoms with van der Waals surface area (Å²) in [5.41, 5.74) is 4.32. The average molecular weight is 671 g/mol. The number of ketones is 3. The third-order valence-corrected chi connectivity index (χ3v) is 13.7. The van der Waals surface area contributed by atoms with Gasteiger partial charge in [-0.25, -0.2) is 0 Å². The molecule has 3 aliphatic carbocycles. The first-order valence-corrected chi connectivity index (χ1v) is 18.9. The lowest BCUT2D eigenvalue weighted by Gasteiger charge is -2.39. The summed E-state index contributed by atoms with van der Waals surface area (Å²) >= 11 is 0. The van der Waals surface area contributed by atoms with Crippen LogP contribution in [0.5, 0.6) is 0 Å². The van der Waals surface area contributed by atoms with Gasteiger partial charge in [0.15, 0.2) is 5.78 Å². The van der Waals surface area contributed by atoms with E-state index in [2.05, 4.69) is 13.8 Å². The molecular formula is C37H54N2O7S. The molecular weight excluding hydrogens is 616 g/mol. The quantitative estimate of drug-likeness (QED) is 0.240. The molecule has 3 unspecified atom stereocenters. The minimum atomic E-state index is -1.30. The van der Waals surface area contributed by atoms with Crippen molar-refractivity contribution in [1.82, 2.24) is 4.90 Å². The van der Waals surface area contributed by atoms with Gasteiger partial charge in [-0.3, -0.25) is 28.2 Å². The highest BCUT2D eigenvalue weighted by molar-refractivity contribution is 7.85. The number of nitrogens with zero attached hydrogens (tertiary/aromatic N) is 1. The Balaban J connectivity index is 1.33. The maximum absolute atomic E-state index is 14.5. The van der Waals surface area contributed by atoms with E-state index < -0.39 is 51.2 Å². The van der Waals surface area contributed by atoms with Crippen molar-refractivity contribution in [2.75, 3.05) is 12.3 Å². The van der Waals surface area contributed by atoms with E-state index in [1.165, 1.54) is 0 Å². The molecule has 4 fully saturated rings. The van der Waals surface area contributed by atoms with Crippen molar-refractivity contribution in [3.63, 3.8) is 0 Å². The smallest absolute Gasteiger partial charge is 0.285 e. The molecule has 6 atom stereocenters. The Kier molecular flexibility index (Phi) is 10.1. The number of likely N-dealkylation sites (tertiary alicyclic amines) is 1. The molecule has 5 rings (SSSR count). The third-order valence-electron chi connectivity index (χ3n) is 12.0. The molecule has 0 aromatic carbocycles. The van der Waals surface area contributed by atoms with Crippen LogP contribution in [0, 0.1) is 52.8 Å². The van der Waals surface area contributed by atoms with Crippen LogP contribution in [0.2, 0.25) is 0 Å². The Bertz CT molecular complexity index is 1430. The molecule has 0 spiro atoms. The SMILES string of the molecule is Cc1occc1S(=O)CC1(CC(=O)C[C@H](C(=O)N2CC3[C@@H]([C@H]2C(=O)CC(CC2CC2)C(=O)C(N)=O)C3(C)C)C(C)(C)C)CCCCC1. The van der Waals surface area contributed by atoms with E-state index in [1.54, 1.807) is 24.2 Å². The summed E-state index contributed by atoms with van der Waals surface area (Å²) in [6, 6.07) is 1.06. The second kappa shape index (κ2) is 13.4. The summed E-state index contributed by atoms with van der Waals surface area (Å²) < 4.78 is 18.9. The van der Waals surface area contributed by atoms with Crippen LogP contribution in [0.1, 0.15) is 111 Å². The van der Waals surface area contributed by atoms with E-state index in [0.29, 0.717) is 35.3 Å². The molecule has 47 heavy (non-hydrogen) atoms. The summed E-state index contributed by atoms with van der Waals surface area (Å²) in [6.07, 6.45) is 8.89. The number of nitrogens with two attached hydrogens (primary N) is 1. The first-order chi connectivity index (χ1) is 21.9. The molecule has 1 aliphatic heterocycles. The topological polar surface area (TPSA) is 145 Å². The maximum atomic E-state index is 14.5. The van der Waals surface area contributed by atoms with Gasteiger partial charge < -0.3 is 15.1 Å². The van der Waals surface area contributed by atoms with E-state index >= 15 is 0 Å². The molecule has 0 radical (unpaired) electrons. The van der Waals surface area contributed by atoms with Crippen molar-refractivity contribution in [2.24, 2.45) is 51.6 Å². The molecule has 4 aliphatic rings. The monoisotopic (exact) mass is 670 g/mol. The van der Waals surface area contributed by atoms with Crippen molar-refractivity contribution in [1.29, 1.82) is 0 Å². The summed E-state index contributed by atoms with van der Waals surface area (Å²) in [6.45, 7) is 12.4. The molecule has 1 aromatic heterocycles. The zero-order chi connectivity index (χ0) is 34.5. The van der Waals surface area contributed by atoms with Gasteiger partial charge in [0.2, 0.25) is 11.7 Å². The van der Waals surface area contributed by atoms with Gasteiger partial charge >= 0.3 is 0 Å². The highest BCUT2D eigenvalue weighted by Gasteiger charge is 2.69. The van der Waals surface area contributed by atoms with Gasteiger partial charge in [-0.15, -0.1) is 0 Å². The van der Waals surface area contributed by atoms with Crippen LogP contribution in [0.4, 0.5) is 0 Å². The number of furan rings is 1. The van der Waals surface area contributed by atoms with Gasteiger partial charge in [0.05, 0.1) is 28.0 Å².